The largest absolute Gasteiger partial charge is 0.481 e. The fourth-order valence-electron chi connectivity index (χ4n) is 5.35. The Bertz CT molecular complexity index is 976. The second kappa shape index (κ2) is 15.5. The lowest BCUT2D eigenvalue weighted by molar-refractivity contribution is -0.144. The fourth-order valence-corrected chi connectivity index (χ4v) is 5.61. The highest BCUT2D eigenvalue weighted by atomic mass is 32.1. The Morgan fingerprint density at radius 3 is 2.30 bits per heavy atom. The van der Waals surface area contributed by atoms with E-state index in [4.69, 9.17) is 12.2 Å². The number of carboxylic acid groups (broad SMARTS) is 1. The van der Waals surface area contributed by atoms with Crippen LogP contribution in [0.5, 0.6) is 0 Å². The van der Waals surface area contributed by atoms with Crippen molar-refractivity contribution in [1.29, 1.82) is 0 Å². The minimum absolute atomic E-state index is 0.0374. The molecule has 37 heavy (non-hydrogen) atoms. The maximum Gasteiger partial charge on any atom is 0.307 e. The van der Waals surface area contributed by atoms with Crippen molar-refractivity contribution in [2.24, 2.45) is 11.8 Å². The average molecular weight is 523 g/mol. The summed E-state index contributed by atoms with van der Waals surface area (Å²) in [6, 6.07) is 20.0. The number of rotatable bonds is 14. The van der Waals surface area contributed by atoms with E-state index in [-0.39, 0.29) is 24.3 Å². The lowest BCUT2D eigenvalue weighted by Gasteiger charge is -2.28. The number of hydrogen-bond donors (Lipinski definition) is 3. The van der Waals surface area contributed by atoms with E-state index in [1.807, 2.05) is 55.5 Å². The van der Waals surface area contributed by atoms with Crippen LogP contribution >= 0.6 is 12.2 Å². The lowest BCUT2D eigenvalue weighted by Crippen LogP contribution is -2.47. The number of carbonyl (C=O) groups excluding carboxylic acids is 1. The SMILES string of the molecule is C[C@H](CC(CC(=O)N[C@@H](CC1CCCCC1)C(=S)NCCCc1ccccc1)C(=O)O)c1ccccc1. The van der Waals surface area contributed by atoms with Gasteiger partial charge in [0.15, 0.2) is 0 Å². The molecule has 2 aromatic carbocycles. The van der Waals surface area contributed by atoms with Crippen LogP contribution in [0.2, 0.25) is 0 Å². The molecule has 5 nitrogen and oxygen atoms in total. The van der Waals surface area contributed by atoms with Gasteiger partial charge in [-0.15, -0.1) is 0 Å². The summed E-state index contributed by atoms with van der Waals surface area (Å²) in [4.78, 5) is 25.8. The van der Waals surface area contributed by atoms with Crippen LogP contribution in [0.25, 0.3) is 0 Å². The first-order valence-corrected chi connectivity index (χ1v) is 14.2. The molecule has 200 valence electrons. The van der Waals surface area contributed by atoms with Crippen molar-refractivity contribution < 1.29 is 14.7 Å². The molecule has 0 heterocycles. The molecule has 3 rings (SSSR count). The van der Waals surface area contributed by atoms with E-state index in [1.54, 1.807) is 0 Å². The molecule has 0 saturated heterocycles. The number of benzene rings is 2. The molecule has 1 aliphatic rings. The minimum Gasteiger partial charge on any atom is -0.481 e. The molecule has 3 atom stereocenters. The second-order valence-corrected chi connectivity index (χ2v) is 11.0. The third-order valence-corrected chi connectivity index (χ3v) is 7.95. The third-order valence-electron chi connectivity index (χ3n) is 7.52. The van der Waals surface area contributed by atoms with Gasteiger partial charge in [-0.2, -0.15) is 0 Å². The molecule has 0 aliphatic heterocycles. The van der Waals surface area contributed by atoms with Gasteiger partial charge in [0, 0.05) is 13.0 Å². The first kappa shape index (κ1) is 28.8. The summed E-state index contributed by atoms with van der Waals surface area (Å²) in [6.07, 6.45) is 9.16. The quantitative estimate of drug-likeness (QED) is 0.201. The van der Waals surface area contributed by atoms with Crippen LogP contribution in [-0.2, 0) is 16.0 Å². The molecular weight excluding hydrogens is 480 g/mol. The van der Waals surface area contributed by atoms with Gasteiger partial charge in [-0.25, -0.2) is 0 Å². The molecule has 0 bridgehead atoms. The average Bonchev–Trinajstić information content (AvgIpc) is 2.91. The molecule has 2 aromatic rings. The molecule has 1 unspecified atom stereocenters. The van der Waals surface area contributed by atoms with E-state index in [9.17, 15) is 14.7 Å². The van der Waals surface area contributed by atoms with E-state index in [1.165, 1.54) is 24.8 Å². The number of hydrogen-bond acceptors (Lipinski definition) is 3. The van der Waals surface area contributed by atoms with Gasteiger partial charge in [-0.1, -0.05) is 112 Å². The number of aryl methyl sites for hydroxylation is 1. The van der Waals surface area contributed by atoms with Gasteiger partial charge < -0.3 is 15.7 Å². The van der Waals surface area contributed by atoms with E-state index < -0.39 is 11.9 Å². The summed E-state index contributed by atoms with van der Waals surface area (Å²) in [5, 5.41) is 16.3. The van der Waals surface area contributed by atoms with Crippen LogP contribution in [-0.4, -0.2) is 34.6 Å². The highest BCUT2D eigenvalue weighted by Crippen LogP contribution is 2.28. The summed E-state index contributed by atoms with van der Waals surface area (Å²) < 4.78 is 0. The van der Waals surface area contributed by atoms with Gasteiger partial charge in [0.25, 0.3) is 0 Å². The van der Waals surface area contributed by atoms with E-state index >= 15 is 0 Å². The summed E-state index contributed by atoms with van der Waals surface area (Å²) in [6.45, 7) is 2.76. The smallest absolute Gasteiger partial charge is 0.307 e. The Kier molecular flexibility index (Phi) is 12.1. The lowest BCUT2D eigenvalue weighted by atomic mass is 9.84. The molecule has 1 saturated carbocycles. The van der Waals surface area contributed by atoms with Crippen molar-refractivity contribution in [2.45, 2.75) is 83.1 Å². The van der Waals surface area contributed by atoms with Gasteiger partial charge >= 0.3 is 5.97 Å². The second-order valence-electron chi connectivity index (χ2n) is 10.5. The molecule has 3 N–H and O–H groups in total. The predicted molar refractivity (Wildman–Crippen MR) is 154 cm³/mol. The monoisotopic (exact) mass is 522 g/mol. The van der Waals surface area contributed by atoms with Gasteiger partial charge in [0.1, 0.15) is 0 Å². The highest BCUT2D eigenvalue weighted by Gasteiger charge is 2.28. The highest BCUT2D eigenvalue weighted by molar-refractivity contribution is 7.80. The predicted octanol–water partition coefficient (Wildman–Crippen LogP) is 6.28. The van der Waals surface area contributed by atoms with E-state index in [0.29, 0.717) is 17.3 Å². The van der Waals surface area contributed by atoms with Gasteiger partial charge in [-0.3, -0.25) is 9.59 Å². The molecule has 0 spiro atoms. The Hall–Kier alpha value is -2.73. The normalized spacial score (nSPS) is 16.4. The molecule has 1 aliphatic carbocycles. The van der Waals surface area contributed by atoms with Gasteiger partial charge in [0.05, 0.1) is 16.9 Å². The third kappa shape index (κ3) is 10.3. The summed E-state index contributed by atoms with van der Waals surface area (Å²) in [5.41, 5.74) is 2.39. The Morgan fingerprint density at radius 1 is 1.00 bits per heavy atom. The van der Waals surface area contributed by atoms with Crippen LogP contribution in [0.1, 0.15) is 81.8 Å². The van der Waals surface area contributed by atoms with E-state index in [0.717, 1.165) is 44.2 Å². The van der Waals surface area contributed by atoms with Crippen molar-refractivity contribution in [3.8, 4) is 0 Å². The first-order valence-electron chi connectivity index (χ1n) is 13.8. The van der Waals surface area contributed by atoms with Crippen molar-refractivity contribution >= 4 is 29.1 Å². The van der Waals surface area contributed by atoms with Crippen molar-refractivity contribution in [1.82, 2.24) is 10.6 Å². The number of nitrogens with one attached hydrogen (secondary N) is 2. The maximum absolute atomic E-state index is 13.1. The zero-order valence-corrected chi connectivity index (χ0v) is 22.8. The Balaban J connectivity index is 1.55. The number of thiocarbonyl (C=S) groups is 1. The van der Waals surface area contributed by atoms with Crippen LogP contribution in [0.4, 0.5) is 0 Å². The van der Waals surface area contributed by atoms with Crippen LogP contribution < -0.4 is 10.6 Å². The Morgan fingerprint density at radius 2 is 1.65 bits per heavy atom. The molecule has 0 radical (unpaired) electrons. The maximum atomic E-state index is 13.1. The zero-order chi connectivity index (χ0) is 26.5. The van der Waals surface area contributed by atoms with E-state index in [2.05, 4.69) is 22.8 Å². The van der Waals surface area contributed by atoms with Crippen molar-refractivity contribution in [3.63, 3.8) is 0 Å². The van der Waals surface area contributed by atoms with Crippen molar-refractivity contribution in [2.75, 3.05) is 6.54 Å². The fraction of sp³-hybridized carbons (Fsp3) is 0.516. The van der Waals surface area contributed by atoms with Gasteiger partial charge in [-0.05, 0) is 48.6 Å². The molecular formula is C31H42N2O3S. The molecule has 1 fully saturated rings. The van der Waals surface area contributed by atoms with Gasteiger partial charge in [0.2, 0.25) is 5.91 Å². The van der Waals surface area contributed by atoms with Crippen LogP contribution in [0.3, 0.4) is 0 Å². The Labute approximate surface area is 227 Å². The standard InChI is InChI=1S/C31H42N2O3S/c1-23(26-17-9-4-10-18-26)20-27(31(35)36)22-29(34)33-28(21-25-14-7-3-8-15-25)30(37)32-19-11-16-24-12-5-2-6-13-24/h2,4-6,9-10,12-13,17-18,23,25,27-28H,3,7-8,11,14-16,19-22H2,1H3,(H,32,37)(H,33,34)(H,35,36)/t23-,27?,28+/m1/s1. The number of amides is 1. The van der Waals surface area contributed by atoms with Crippen LogP contribution in [0, 0.1) is 11.8 Å². The number of aliphatic carboxylic acids is 1. The minimum atomic E-state index is -0.927. The molecule has 1 amide bonds. The van der Waals surface area contributed by atoms with Crippen LogP contribution in [0.15, 0.2) is 60.7 Å². The first-order chi connectivity index (χ1) is 17.9. The number of carbonyl (C=O) groups is 2. The zero-order valence-electron chi connectivity index (χ0n) is 22.0. The molecule has 6 heteroatoms. The van der Waals surface area contributed by atoms with Crippen molar-refractivity contribution in [3.05, 3.63) is 71.8 Å². The molecule has 0 aromatic heterocycles. The number of carboxylic acids is 1. The summed E-state index contributed by atoms with van der Waals surface area (Å²) in [5.74, 6) is -1.31. The topological polar surface area (TPSA) is 78.4 Å². The summed E-state index contributed by atoms with van der Waals surface area (Å²) >= 11 is 5.75. The summed E-state index contributed by atoms with van der Waals surface area (Å²) in [7, 11) is 0.